The monoisotopic (exact) mass is 436 g/mol. The highest BCUT2D eigenvalue weighted by Crippen LogP contribution is 2.28. The van der Waals surface area contributed by atoms with Crippen molar-refractivity contribution in [3.63, 3.8) is 0 Å². The summed E-state index contributed by atoms with van der Waals surface area (Å²) >= 11 is 1.17. The van der Waals surface area contributed by atoms with Crippen molar-refractivity contribution < 1.29 is 14.0 Å². The summed E-state index contributed by atoms with van der Waals surface area (Å²) in [4.78, 5) is 27.8. The Morgan fingerprint density at radius 1 is 1.13 bits per heavy atom. The fraction of sp³-hybridized carbons (Fsp3) is 0.0952. The molecule has 2 aromatic heterocycles. The van der Waals surface area contributed by atoms with Crippen LogP contribution >= 0.6 is 11.3 Å². The summed E-state index contributed by atoms with van der Waals surface area (Å²) in [5.41, 5.74) is 2.18. The predicted octanol–water partition coefficient (Wildman–Crippen LogP) is 3.80. The van der Waals surface area contributed by atoms with E-state index in [1.54, 1.807) is 22.3 Å². The maximum Gasteiger partial charge on any atom is 0.279 e. The van der Waals surface area contributed by atoms with Gasteiger partial charge >= 0.3 is 0 Å². The number of anilines is 2. The molecule has 0 radical (unpaired) electrons. The molecule has 2 N–H and O–H groups in total. The van der Waals surface area contributed by atoms with E-state index in [1.807, 2.05) is 30.3 Å². The highest BCUT2D eigenvalue weighted by atomic mass is 32.1. The second kappa shape index (κ2) is 8.84. The second-order valence-electron chi connectivity index (χ2n) is 6.65. The Kier molecular flexibility index (Phi) is 5.80. The van der Waals surface area contributed by atoms with Crippen molar-refractivity contribution in [1.29, 1.82) is 0 Å². The molecule has 2 aromatic carbocycles. The fourth-order valence-electron chi connectivity index (χ4n) is 2.87. The number of thiazole rings is 1. The van der Waals surface area contributed by atoms with E-state index in [4.69, 9.17) is 0 Å². The molecule has 0 bridgehead atoms. The molecular weight excluding hydrogens is 419 g/mol. The van der Waals surface area contributed by atoms with Crippen LogP contribution in [0.2, 0.25) is 0 Å². The Hall–Kier alpha value is -3.92. The van der Waals surface area contributed by atoms with Gasteiger partial charge in [0.2, 0.25) is 5.91 Å². The third-order valence-electron chi connectivity index (χ3n) is 4.25. The summed E-state index contributed by atoms with van der Waals surface area (Å²) in [6.07, 6.45) is 1.55. The van der Waals surface area contributed by atoms with Crippen LogP contribution in [0.15, 0.2) is 60.1 Å². The average Bonchev–Trinajstić information content (AvgIpc) is 3.38. The van der Waals surface area contributed by atoms with Crippen molar-refractivity contribution in [1.82, 2.24) is 20.0 Å². The Morgan fingerprint density at radius 3 is 2.68 bits per heavy atom. The number of nitrogens with zero attached hydrogens (tertiary/aromatic N) is 4. The van der Waals surface area contributed by atoms with E-state index in [2.05, 4.69) is 25.9 Å². The molecule has 0 aliphatic carbocycles. The second-order valence-corrected chi connectivity index (χ2v) is 7.51. The Balaban J connectivity index is 1.43. The molecule has 0 aliphatic heterocycles. The van der Waals surface area contributed by atoms with E-state index in [9.17, 15) is 14.0 Å². The number of nitrogens with one attached hydrogen (secondary N) is 2. The fourth-order valence-corrected chi connectivity index (χ4v) is 3.58. The largest absolute Gasteiger partial charge is 0.326 e. The van der Waals surface area contributed by atoms with Crippen LogP contribution < -0.4 is 10.6 Å². The summed E-state index contributed by atoms with van der Waals surface area (Å²) in [7, 11) is 0. The molecule has 0 unspecified atom stereocenters. The maximum absolute atomic E-state index is 14.4. The quantitative estimate of drug-likeness (QED) is 0.479. The van der Waals surface area contributed by atoms with Gasteiger partial charge in [-0.05, 0) is 23.8 Å². The van der Waals surface area contributed by atoms with Gasteiger partial charge in [-0.3, -0.25) is 14.9 Å². The van der Waals surface area contributed by atoms with Gasteiger partial charge in [-0.15, -0.1) is 16.4 Å². The van der Waals surface area contributed by atoms with Crippen molar-refractivity contribution in [3.05, 3.63) is 77.2 Å². The highest BCUT2D eigenvalue weighted by molar-refractivity contribution is 7.14. The molecule has 0 atom stereocenters. The van der Waals surface area contributed by atoms with Crippen molar-refractivity contribution in [2.75, 3.05) is 10.6 Å². The van der Waals surface area contributed by atoms with E-state index in [0.717, 1.165) is 5.56 Å². The third-order valence-corrected chi connectivity index (χ3v) is 5.01. The van der Waals surface area contributed by atoms with Gasteiger partial charge < -0.3 is 5.32 Å². The first-order valence-corrected chi connectivity index (χ1v) is 10.1. The number of hydrogen-bond donors (Lipinski definition) is 2. The summed E-state index contributed by atoms with van der Waals surface area (Å²) in [6.45, 7) is 1.84. The Bertz CT molecular complexity index is 1240. The van der Waals surface area contributed by atoms with Gasteiger partial charge in [-0.1, -0.05) is 35.5 Å². The van der Waals surface area contributed by atoms with Crippen LogP contribution in [0.5, 0.6) is 0 Å². The van der Waals surface area contributed by atoms with Crippen molar-refractivity contribution in [3.8, 4) is 11.3 Å². The van der Waals surface area contributed by atoms with Crippen LogP contribution in [-0.4, -0.2) is 31.8 Å². The molecule has 0 saturated carbocycles. The van der Waals surface area contributed by atoms with E-state index in [1.165, 1.54) is 30.4 Å². The van der Waals surface area contributed by atoms with Gasteiger partial charge in [-0.2, -0.15) is 0 Å². The van der Waals surface area contributed by atoms with Crippen LogP contribution in [0.4, 0.5) is 15.2 Å². The van der Waals surface area contributed by atoms with Gasteiger partial charge in [0, 0.05) is 23.6 Å². The Labute approximate surface area is 180 Å². The zero-order valence-electron chi connectivity index (χ0n) is 16.4. The molecule has 8 nitrogen and oxygen atoms in total. The van der Waals surface area contributed by atoms with Crippen LogP contribution in [0.1, 0.15) is 23.0 Å². The molecule has 0 fully saturated rings. The molecule has 31 heavy (non-hydrogen) atoms. The third kappa shape index (κ3) is 4.98. The van der Waals surface area contributed by atoms with Crippen molar-refractivity contribution >= 4 is 34.0 Å². The number of rotatable bonds is 6. The van der Waals surface area contributed by atoms with Crippen LogP contribution in [0.25, 0.3) is 11.3 Å². The number of aromatic nitrogens is 4. The number of hydrogen-bond acceptors (Lipinski definition) is 6. The minimum absolute atomic E-state index is 0.151. The summed E-state index contributed by atoms with van der Waals surface area (Å²) in [5, 5.41) is 15.0. The standard InChI is InChI=1S/C21H17FN6O2S/c1-13(29)23-15-7-8-16(17(22)9-15)19-12-31-21(24-19)25-20(30)18-11-28(27-26-18)10-14-5-3-2-4-6-14/h2-9,11-12H,10H2,1H3,(H,23,29)(H,24,25,30). The van der Waals surface area contributed by atoms with Crippen molar-refractivity contribution in [2.24, 2.45) is 0 Å². The molecule has 2 heterocycles. The lowest BCUT2D eigenvalue weighted by Gasteiger charge is -2.04. The number of halogens is 1. The number of carbonyl (C=O) groups is 2. The first-order valence-electron chi connectivity index (χ1n) is 9.26. The predicted molar refractivity (Wildman–Crippen MR) is 115 cm³/mol. The van der Waals surface area contributed by atoms with Gasteiger partial charge in [0.25, 0.3) is 5.91 Å². The van der Waals surface area contributed by atoms with Crippen molar-refractivity contribution in [2.45, 2.75) is 13.5 Å². The molecule has 0 saturated heterocycles. The lowest BCUT2D eigenvalue weighted by atomic mass is 10.1. The maximum atomic E-state index is 14.4. The van der Waals surface area contributed by atoms with Gasteiger partial charge in [0.1, 0.15) is 5.82 Å². The topological polar surface area (TPSA) is 102 Å². The number of carbonyl (C=O) groups excluding carboxylic acids is 2. The normalized spacial score (nSPS) is 10.6. The van der Waals surface area contributed by atoms with E-state index >= 15 is 0 Å². The molecule has 2 amide bonds. The van der Waals surface area contributed by atoms with Crippen LogP contribution in [-0.2, 0) is 11.3 Å². The summed E-state index contributed by atoms with van der Waals surface area (Å²) in [5.74, 6) is -1.27. The first kappa shape index (κ1) is 20.4. The molecule has 10 heteroatoms. The number of amides is 2. The first-order chi connectivity index (χ1) is 15.0. The lowest BCUT2D eigenvalue weighted by molar-refractivity contribution is -0.114. The summed E-state index contributed by atoms with van der Waals surface area (Å²) < 4.78 is 16.0. The van der Waals surface area contributed by atoms with E-state index in [-0.39, 0.29) is 17.2 Å². The molecule has 156 valence electrons. The number of benzene rings is 2. The average molecular weight is 436 g/mol. The van der Waals surface area contributed by atoms with E-state index in [0.29, 0.717) is 23.1 Å². The van der Waals surface area contributed by atoms with Gasteiger partial charge in [-0.25, -0.2) is 14.1 Å². The molecule has 0 aliphatic rings. The minimum Gasteiger partial charge on any atom is -0.326 e. The zero-order valence-corrected chi connectivity index (χ0v) is 17.2. The van der Waals surface area contributed by atoms with Crippen LogP contribution in [0, 0.1) is 5.82 Å². The van der Waals surface area contributed by atoms with Crippen LogP contribution in [0.3, 0.4) is 0 Å². The highest BCUT2D eigenvalue weighted by Gasteiger charge is 2.15. The molecule has 0 spiro atoms. The molecule has 4 rings (SSSR count). The smallest absolute Gasteiger partial charge is 0.279 e. The molecule has 4 aromatic rings. The van der Waals surface area contributed by atoms with Gasteiger partial charge in [0.15, 0.2) is 10.8 Å². The minimum atomic E-state index is -0.529. The zero-order chi connectivity index (χ0) is 21.8. The van der Waals surface area contributed by atoms with E-state index < -0.39 is 11.7 Å². The Morgan fingerprint density at radius 2 is 1.94 bits per heavy atom. The SMILES string of the molecule is CC(=O)Nc1ccc(-c2csc(NC(=O)c3cn(Cc4ccccc4)nn3)n2)c(F)c1. The molecular formula is C21H17FN6O2S. The summed E-state index contributed by atoms with van der Waals surface area (Å²) in [6, 6.07) is 14.0. The van der Waals surface area contributed by atoms with Gasteiger partial charge in [0.05, 0.1) is 18.4 Å². The lowest BCUT2D eigenvalue weighted by Crippen LogP contribution is -2.12.